The fraction of sp³-hybridized carbons (Fsp3) is 0.167. The van der Waals surface area contributed by atoms with Crippen molar-refractivity contribution in [3.63, 3.8) is 0 Å². The summed E-state index contributed by atoms with van der Waals surface area (Å²) in [5, 5.41) is 5.72. The van der Waals surface area contributed by atoms with Crippen LogP contribution in [0.25, 0.3) is 0 Å². The van der Waals surface area contributed by atoms with Gasteiger partial charge in [0.25, 0.3) is 5.91 Å². The minimum atomic E-state index is -4.46. The smallest absolute Gasteiger partial charge is 0.352 e. The number of carbonyl (C=O) groups is 2. The van der Waals surface area contributed by atoms with Crippen LogP contribution in [0, 0.1) is 0 Å². The topological polar surface area (TPSA) is 58.2 Å². The molecule has 3 aromatic rings. The minimum Gasteiger partial charge on any atom is -0.352 e. The fourth-order valence-electron chi connectivity index (χ4n) is 3.13. The Bertz CT molecular complexity index is 1090. The SMILES string of the molecule is O=C(C[C@@H](NC(=O)c1ccccc1Cl)c1ccccc1)NCc1cccc(C(F)(F)F)c1. The van der Waals surface area contributed by atoms with Gasteiger partial charge >= 0.3 is 6.18 Å². The van der Waals surface area contributed by atoms with Gasteiger partial charge in [0.05, 0.1) is 28.6 Å². The Morgan fingerprint density at radius 2 is 1.59 bits per heavy atom. The molecule has 3 aromatic carbocycles. The molecule has 0 unspecified atom stereocenters. The van der Waals surface area contributed by atoms with Crippen molar-refractivity contribution in [3.05, 3.63) is 106 Å². The minimum absolute atomic E-state index is 0.0667. The Hall–Kier alpha value is -3.32. The maximum absolute atomic E-state index is 12.9. The summed E-state index contributed by atoms with van der Waals surface area (Å²) >= 11 is 6.10. The zero-order chi connectivity index (χ0) is 23.1. The van der Waals surface area contributed by atoms with Gasteiger partial charge in [-0.3, -0.25) is 9.59 Å². The Kier molecular flexibility index (Phi) is 7.53. The lowest BCUT2D eigenvalue weighted by atomic mass is 10.0. The van der Waals surface area contributed by atoms with Crippen molar-refractivity contribution in [2.75, 3.05) is 0 Å². The van der Waals surface area contributed by atoms with E-state index < -0.39 is 29.6 Å². The third-order valence-electron chi connectivity index (χ3n) is 4.76. The number of rotatable bonds is 7. The molecule has 0 saturated carbocycles. The monoisotopic (exact) mass is 460 g/mol. The second-order valence-corrected chi connectivity index (χ2v) is 7.50. The van der Waals surface area contributed by atoms with Crippen LogP contribution in [-0.2, 0) is 17.5 Å². The highest BCUT2D eigenvalue weighted by Crippen LogP contribution is 2.29. The highest BCUT2D eigenvalue weighted by molar-refractivity contribution is 6.33. The van der Waals surface area contributed by atoms with E-state index in [0.717, 1.165) is 12.1 Å². The quantitative estimate of drug-likeness (QED) is 0.486. The van der Waals surface area contributed by atoms with E-state index in [1.807, 2.05) is 6.07 Å². The number of alkyl halides is 3. The molecule has 0 fully saturated rings. The molecule has 2 amide bonds. The summed E-state index contributed by atoms with van der Waals surface area (Å²) in [4.78, 5) is 25.3. The molecule has 0 heterocycles. The average Bonchev–Trinajstić information content (AvgIpc) is 2.78. The maximum Gasteiger partial charge on any atom is 0.416 e. The molecule has 0 radical (unpaired) electrons. The predicted molar refractivity (Wildman–Crippen MR) is 116 cm³/mol. The van der Waals surface area contributed by atoms with E-state index in [9.17, 15) is 22.8 Å². The fourth-order valence-corrected chi connectivity index (χ4v) is 3.36. The number of hydrogen-bond donors (Lipinski definition) is 2. The number of amides is 2. The van der Waals surface area contributed by atoms with Crippen molar-refractivity contribution in [1.29, 1.82) is 0 Å². The van der Waals surface area contributed by atoms with Gasteiger partial charge in [0.15, 0.2) is 0 Å². The van der Waals surface area contributed by atoms with Crippen LogP contribution in [0.4, 0.5) is 13.2 Å². The summed E-state index contributed by atoms with van der Waals surface area (Å²) in [6, 6.07) is 19.6. The summed E-state index contributed by atoms with van der Waals surface area (Å²) in [6.07, 6.45) is -4.55. The van der Waals surface area contributed by atoms with E-state index in [1.54, 1.807) is 48.5 Å². The van der Waals surface area contributed by atoms with Crippen LogP contribution in [0.5, 0.6) is 0 Å². The molecule has 166 valence electrons. The van der Waals surface area contributed by atoms with Crippen LogP contribution < -0.4 is 10.6 Å². The van der Waals surface area contributed by atoms with Crippen molar-refractivity contribution < 1.29 is 22.8 Å². The van der Waals surface area contributed by atoms with Gasteiger partial charge in [0, 0.05) is 6.54 Å². The van der Waals surface area contributed by atoms with Crippen LogP contribution in [0.1, 0.15) is 39.5 Å². The molecule has 0 bridgehead atoms. The van der Waals surface area contributed by atoms with Crippen molar-refractivity contribution in [3.8, 4) is 0 Å². The molecule has 1 atom stereocenters. The molecule has 32 heavy (non-hydrogen) atoms. The Morgan fingerprint density at radius 1 is 0.906 bits per heavy atom. The molecule has 0 aliphatic heterocycles. The van der Waals surface area contributed by atoms with Gasteiger partial charge in [-0.25, -0.2) is 0 Å². The van der Waals surface area contributed by atoms with Crippen molar-refractivity contribution >= 4 is 23.4 Å². The lowest BCUT2D eigenvalue weighted by Crippen LogP contribution is -2.33. The Balaban J connectivity index is 1.69. The highest BCUT2D eigenvalue weighted by Gasteiger charge is 2.30. The standard InChI is InChI=1S/C24H20ClF3N2O2/c25-20-12-5-4-11-19(20)23(32)30-21(17-8-2-1-3-9-17)14-22(31)29-15-16-7-6-10-18(13-16)24(26,27)28/h1-13,21H,14-15H2,(H,29,31)(H,30,32)/t21-/m1/s1. The van der Waals surface area contributed by atoms with Gasteiger partial charge < -0.3 is 10.6 Å². The summed E-state index contributed by atoms with van der Waals surface area (Å²) in [7, 11) is 0. The second kappa shape index (κ2) is 10.3. The Morgan fingerprint density at radius 3 is 2.28 bits per heavy atom. The van der Waals surface area contributed by atoms with Crippen molar-refractivity contribution in [1.82, 2.24) is 10.6 Å². The van der Waals surface area contributed by atoms with Crippen molar-refractivity contribution in [2.45, 2.75) is 25.2 Å². The van der Waals surface area contributed by atoms with E-state index in [0.29, 0.717) is 11.1 Å². The first-order valence-electron chi connectivity index (χ1n) is 9.77. The van der Waals surface area contributed by atoms with E-state index in [4.69, 9.17) is 11.6 Å². The number of hydrogen-bond acceptors (Lipinski definition) is 2. The normalized spacial score (nSPS) is 12.1. The predicted octanol–water partition coefficient (Wildman–Crippen LogP) is 5.54. The molecule has 8 heteroatoms. The lowest BCUT2D eigenvalue weighted by molar-refractivity contribution is -0.137. The van der Waals surface area contributed by atoms with Gasteiger partial charge in [-0.2, -0.15) is 13.2 Å². The van der Waals surface area contributed by atoms with E-state index in [-0.39, 0.29) is 23.6 Å². The first-order chi connectivity index (χ1) is 15.2. The third-order valence-corrected chi connectivity index (χ3v) is 5.09. The lowest BCUT2D eigenvalue weighted by Gasteiger charge is -2.19. The first-order valence-corrected chi connectivity index (χ1v) is 10.1. The molecule has 2 N–H and O–H groups in total. The van der Waals surface area contributed by atoms with Gasteiger partial charge in [-0.15, -0.1) is 0 Å². The molecule has 0 aromatic heterocycles. The zero-order valence-corrected chi connectivity index (χ0v) is 17.6. The van der Waals surface area contributed by atoms with Gasteiger partial charge in [-0.05, 0) is 35.4 Å². The van der Waals surface area contributed by atoms with Gasteiger partial charge in [0.1, 0.15) is 0 Å². The molecule has 0 spiro atoms. The summed E-state index contributed by atoms with van der Waals surface area (Å²) in [5.74, 6) is -0.856. The number of benzene rings is 3. The molecule has 4 nitrogen and oxygen atoms in total. The van der Waals surface area contributed by atoms with Gasteiger partial charge in [-0.1, -0.05) is 66.2 Å². The van der Waals surface area contributed by atoms with Crippen LogP contribution >= 0.6 is 11.6 Å². The number of halogens is 4. The highest BCUT2D eigenvalue weighted by atomic mass is 35.5. The number of carbonyl (C=O) groups excluding carboxylic acids is 2. The van der Waals surface area contributed by atoms with Crippen LogP contribution in [0.15, 0.2) is 78.9 Å². The first kappa shape index (κ1) is 23.3. The van der Waals surface area contributed by atoms with Crippen LogP contribution in [-0.4, -0.2) is 11.8 Å². The summed E-state index contributed by atoms with van der Waals surface area (Å²) in [5.41, 5.74) is 0.532. The van der Waals surface area contributed by atoms with E-state index in [1.165, 1.54) is 12.1 Å². The van der Waals surface area contributed by atoms with Crippen molar-refractivity contribution in [2.24, 2.45) is 0 Å². The maximum atomic E-state index is 12.9. The molecule has 0 aliphatic carbocycles. The van der Waals surface area contributed by atoms with Gasteiger partial charge in [0.2, 0.25) is 5.91 Å². The summed E-state index contributed by atoms with van der Waals surface area (Å²) < 4.78 is 38.6. The summed E-state index contributed by atoms with van der Waals surface area (Å²) in [6.45, 7) is -0.0667. The van der Waals surface area contributed by atoms with Crippen LogP contribution in [0.2, 0.25) is 5.02 Å². The number of nitrogens with one attached hydrogen (secondary N) is 2. The van der Waals surface area contributed by atoms with E-state index in [2.05, 4.69) is 10.6 Å². The average molecular weight is 461 g/mol. The molecular formula is C24H20ClF3N2O2. The zero-order valence-electron chi connectivity index (χ0n) is 16.8. The van der Waals surface area contributed by atoms with Crippen LogP contribution in [0.3, 0.4) is 0 Å². The largest absolute Gasteiger partial charge is 0.416 e. The van der Waals surface area contributed by atoms with E-state index >= 15 is 0 Å². The molecular weight excluding hydrogens is 441 g/mol. The molecule has 0 aliphatic rings. The molecule has 3 rings (SSSR count). The molecule has 0 saturated heterocycles. The Labute approximate surface area is 188 Å². The second-order valence-electron chi connectivity index (χ2n) is 7.10. The third kappa shape index (κ3) is 6.34.